The van der Waals surface area contributed by atoms with E-state index in [0.717, 1.165) is 36.9 Å². The van der Waals surface area contributed by atoms with Crippen LogP contribution in [0.25, 0.3) is 0 Å². The summed E-state index contributed by atoms with van der Waals surface area (Å²) in [6, 6.07) is 33.2. The minimum absolute atomic E-state index is 0.504. The Balaban J connectivity index is 0.000000231. The lowest BCUT2D eigenvalue weighted by atomic mass is 9.99. The Bertz CT molecular complexity index is 1350. The fourth-order valence-electron chi connectivity index (χ4n) is 4.22. The maximum absolute atomic E-state index is 10.3. The summed E-state index contributed by atoms with van der Waals surface area (Å²) < 4.78 is 0. The highest BCUT2D eigenvalue weighted by Gasteiger charge is 2.23. The first kappa shape index (κ1) is 34.3. The van der Waals surface area contributed by atoms with Gasteiger partial charge in [-0.15, -0.1) is 11.8 Å². The van der Waals surface area contributed by atoms with Crippen LogP contribution >= 0.6 is 33.3 Å². The Morgan fingerprint density at radius 2 is 0.833 bits per heavy atom. The second kappa shape index (κ2) is 15.0. The van der Waals surface area contributed by atoms with Gasteiger partial charge in [-0.3, -0.25) is 0 Å². The zero-order valence-corrected chi connectivity index (χ0v) is 27.6. The highest BCUT2D eigenvalue weighted by molar-refractivity contribution is 8.76. The minimum atomic E-state index is -0.875. The van der Waals surface area contributed by atoms with Crippen molar-refractivity contribution >= 4 is 33.3 Å². The molecule has 0 fully saturated rings. The summed E-state index contributed by atoms with van der Waals surface area (Å²) in [5.41, 5.74) is 1.01. The van der Waals surface area contributed by atoms with Gasteiger partial charge in [0, 0.05) is 20.4 Å². The summed E-state index contributed by atoms with van der Waals surface area (Å²) in [5, 5.41) is 40.9. The SMILES string of the molecule is CC(C)(O)c1ccccc1SC[C@@H](O)c1ccccc1.CC(C)(O)c1ccccc1SSc1ccccc1C(C)(C)O. The Labute approximate surface area is 263 Å². The average molecular weight is 623 g/mol. The summed E-state index contributed by atoms with van der Waals surface area (Å²) >= 11 is 1.57. The molecule has 0 spiro atoms. The molecule has 0 heterocycles. The molecule has 4 nitrogen and oxygen atoms in total. The lowest BCUT2D eigenvalue weighted by Crippen LogP contribution is -2.16. The van der Waals surface area contributed by atoms with Gasteiger partial charge in [-0.1, -0.05) is 107 Å². The molecule has 4 aromatic carbocycles. The van der Waals surface area contributed by atoms with Crippen LogP contribution in [0.4, 0.5) is 0 Å². The van der Waals surface area contributed by atoms with Crippen LogP contribution < -0.4 is 0 Å². The van der Waals surface area contributed by atoms with Gasteiger partial charge in [-0.25, -0.2) is 0 Å². The quantitative estimate of drug-likeness (QED) is 0.104. The second-order valence-electron chi connectivity index (χ2n) is 11.6. The molecule has 0 saturated heterocycles. The van der Waals surface area contributed by atoms with E-state index >= 15 is 0 Å². The molecule has 0 aliphatic heterocycles. The van der Waals surface area contributed by atoms with Gasteiger partial charge in [0.15, 0.2) is 0 Å². The standard InChI is InChI=1S/C18H22O2S2.C17H20O2S/c1-17(2,19)13-9-5-7-11-15(13)21-22-16-12-8-6-10-14(16)18(3,4)20;1-17(2,19)14-10-6-7-11-16(14)20-12-15(18)13-8-4-3-5-9-13/h5-12,19-20H,1-4H3;3-11,15,18-19H,12H2,1-2H3/t;15-/m.1/s1. The van der Waals surface area contributed by atoms with Gasteiger partial charge >= 0.3 is 0 Å². The van der Waals surface area contributed by atoms with Crippen molar-refractivity contribution in [2.24, 2.45) is 0 Å². The maximum Gasteiger partial charge on any atom is 0.0883 e. The van der Waals surface area contributed by atoms with E-state index in [1.807, 2.05) is 103 Å². The lowest BCUT2D eigenvalue weighted by molar-refractivity contribution is 0.0752. The van der Waals surface area contributed by atoms with E-state index < -0.39 is 22.9 Å². The highest BCUT2D eigenvalue weighted by Crippen LogP contribution is 2.44. The number of hydrogen-bond donors (Lipinski definition) is 4. The van der Waals surface area contributed by atoms with E-state index in [2.05, 4.69) is 0 Å². The van der Waals surface area contributed by atoms with Crippen molar-refractivity contribution < 1.29 is 20.4 Å². The predicted octanol–water partition coefficient (Wildman–Crippen LogP) is 8.68. The molecule has 4 N–H and O–H groups in total. The molecular formula is C35H42O4S3. The first-order chi connectivity index (χ1) is 19.7. The van der Waals surface area contributed by atoms with Crippen LogP contribution in [0.2, 0.25) is 0 Å². The van der Waals surface area contributed by atoms with E-state index in [9.17, 15) is 20.4 Å². The van der Waals surface area contributed by atoms with Crippen molar-refractivity contribution in [2.75, 3.05) is 5.75 Å². The van der Waals surface area contributed by atoms with Crippen molar-refractivity contribution in [2.45, 2.75) is 79.1 Å². The van der Waals surface area contributed by atoms with Gasteiger partial charge in [0.25, 0.3) is 0 Å². The predicted molar refractivity (Wildman–Crippen MR) is 179 cm³/mol. The van der Waals surface area contributed by atoms with Crippen LogP contribution in [-0.2, 0) is 16.8 Å². The van der Waals surface area contributed by atoms with Gasteiger partial charge in [0.05, 0.1) is 22.9 Å². The highest BCUT2D eigenvalue weighted by atomic mass is 33.1. The van der Waals surface area contributed by atoms with Crippen molar-refractivity contribution in [1.29, 1.82) is 0 Å². The van der Waals surface area contributed by atoms with Crippen molar-refractivity contribution in [3.8, 4) is 0 Å². The van der Waals surface area contributed by atoms with Crippen molar-refractivity contribution in [3.05, 3.63) is 125 Å². The van der Waals surface area contributed by atoms with Crippen LogP contribution in [0, 0.1) is 0 Å². The Morgan fingerprint density at radius 1 is 0.500 bits per heavy atom. The molecule has 7 heteroatoms. The normalized spacial score (nSPS) is 12.8. The van der Waals surface area contributed by atoms with Crippen molar-refractivity contribution in [1.82, 2.24) is 0 Å². The zero-order chi connectivity index (χ0) is 31.0. The third kappa shape index (κ3) is 10.2. The molecule has 0 radical (unpaired) electrons. The Morgan fingerprint density at radius 3 is 1.24 bits per heavy atom. The van der Waals surface area contributed by atoms with Crippen LogP contribution in [-0.4, -0.2) is 26.2 Å². The molecule has 0 aliphatic carbocycles. The summed E-state index contributed by atoms with van der Waals surface area (Å²) in [4.78, 5) is 3.08. The zero-order valence-electron chi connectivity index (χ0n) is 25.1. The van der Waals surface area contributed by atoms with E-state index in [0.29, 0.717) is 5.75 Å². The third-order valence-corrected chi connectivity index (χ3v) is 10.1. The number of aliphatic hydroxyl groups excluding tert-OH is 1. The van der Waals surface area contributed by atoms with Gasteiger partial charge < -0.3 is 20.4 Å². The number of hydrogen-bond acceptors (Lipinski definition) is 7. The maximum atomic E-state index is 10.3. The average Bonchev–Trinajstić information content (AvgIpc) is 2.94. The first-order valence-electron chi connectivity index (χ1n) is 13.8. The number of rotatable bonds is 10. The van der Waals surface area contributed by atoms with E-state index in [4.69, 9.17) is 0 Å². The number of thioether (sulfide) groups is 1. The second-order valence-corrected chi connectivity index (χ2v) is 14.8. The number of benzene rings is 4. The fourth-order valence-corrected chi connectivity index (χ4v) is 8.07. The van der Waals surface area contributed by atoms with E-state index in [1.54, 1.807) is 74.9 Å². The van der Waals surface area contributed by atoms with Gasteiger partial charge in [-0.2, -0.15) is 0 Å². The van der Waals surface area contributed by atoms with Crippen LogP contribution in [0.5, 0.6) is 0 Å². The minimum Gasteiger partial charge on any atom is -0.388 e. The Hall–Kier alpha value is -2.23. The van der Waals surface area contributed by atoms with Crippen molar-refractivity contribution in [3.63, 3.8) is 0 Å². The summed E-state index contributed by atoms with van der Waals surface area (Å²) in [7, 11) is 3.21. The van der Waals surface area contributed by atoms with Crippen LogP contribution in [0.15, 0.2) is 118 Å². The topological polar surface area (TPSA) is 80.9 Å². The molecule has 0 aromatic heterocycles. The molecule has 0 aliphatic rings. The summed E-state index contributed by atoms with van der Waals surface area (Å²) in [6.07, 6.45) is -0.504. The molecule has 224 valence electrons. The van der Waals surface area contributed by atoms with Crippen LogP contribution in [0.1, 0.15) is 69.9 Å². The molecule has 42 heavy (non-hydrogen) atoms. The summed E-state index contributed by atoms with van der Waals surface area (Å²) in [6.45, 7) is 10.7. The largest absolute Gasteiger partial charge is 0.388 e. The number of aliphatic hydroxyl groups is 4. The summed E-state index contributed by atoms with van der Waals surface area (Å²) in [5.74, 6) is 0.567. The van der Waals surface area contributed by atoms with E-state index in [-0.39, 0.29) is 0 Å². The monoisotopic (exact) mass is 622 g/mol. The van der Waals surface area contributed by atoms with Gasteiger partial charge in [-0.05, 0) is 82.0 Å². The van der Waals surface area contributed by atoms with Gasteiger partial charge in [0.2, 0.25) is 0 Å². The molecule has 0 bridgehead atoms. The lowest BCUT2D eigenvalue weighted by Gasteiger charge is -2.23. The smallest absolute Gasteiger partial charge is 0.0883 e. The first-order valence-corrected chi connectivity index (χ1v) is 17.0. The molecule has 4 rings (SSSR count). The van der Waals surface area contributed by atoms with E-state index in [1.165, 1.54) is 0 Å². The van der Waals surface area contributed by atoms with Gasteiger partial charge in [0.1, 0.15) is 0 Å². The van der Waals surface area contributed by atoms with Crippen LogP contribution in [0.3, 0.4) is 0 Å². The molecule has 0 unspecified atom stereocenters. The third-order valence-electron chi connectivity index (χ3n) is 6.44. The molecule has 1 atom stereocenters. The molecule has 0 saturated carbocycles. The molecular weight excluding hydrogens is 581 g/mol. The Kier molecular flexibility index (Phi) is 12.2. The molecule has 0 amide bonds. The fraction of sp³-hybridized carbons (Fsp3) is 0.314. The molecule has 4 aromatic rings.